The molecule has 0 saturated heterocycles. The topological polar surface area (TPSA) is 115 Å². The molecule has 0 aliphatic heterocycles. The highest BCUT2D eigenvalue weighted by Gasteiger charge is 2.19. The van der Waals surface area contributed by atoms with Gasteiger partial charge in [-0.1, -0.05) is 54.5 Å². The van der Waals surface area contributed by atoms with Gasteiger partial charge < -0.3 is 18.9 Å². The number of hydroxylamine groups is 1. The normalized spacial score (nSPS) is 12.9. The van der Waals surface area contributed by atoms with Gasteiger partial charge in [0.25, 0.3) is 16.0 Å². The lowest BCUT2D eigenvalue weighted by molar-refractivity contribution is 0.138. The van der Waals surface area contributed by atoms with Gasteiger partial charge in [-0.15, -0.1) is 4.28 Å². The van der Waals surface area contributed by atoms with Crippen LogP contribution >= 0.6 is 0 Å². The molecule has 1 heterocycles. The summed E-state index contributed by atoms with van der Waals surface area (Å²) < 4.78 is 58.4. The van der Waals surface area contributed by atoms with Crippen LogP contribution in [0, 0.1) is 5.82 Å². The minimum absolute atomic E-state index is 0.0631. The van der Waals surface area contributed by atoms with Gasteiger partial charge in [-0.25, -0.2) is 9.87 Å². The Labute approximate surface area is 216 Å². The van der Waals surface area contributed by atoms with Gasteiger partial charge in [0.05, 0.1) is 25.2 Å². The Bertz CT molecular complexity index is 1280. The first kappa shape index (κ1) is 28.3. The molecule has 0 spiro atoms. The minimum atomic E-state index is -3.82. The van der Waals surface area contributed by atoms with E-state index < -0.39 is 10.1 Å². The standard InChI is InChI=1S/C25H31FN4O6S/c1-18(20-10-11-21(22(26)16-20)19-8-6-5-7-9-19)23-17-24(35-28-23)27-25(29-36-37(4,31)32)30(12-14-33-2)13-15-34-3/h5-11,16-18H,12-15H2,1-4H3,(H,27,29). The molecule has 200 valence electrons. The molecule has 0 radical (unpaired) electrons. The number of methoxy groups -OCH3 is 2. The van der Waals surface area contributed by atoms with Crippen LogP contribution in [0.25, 0.3) is 11.1 Å². The van der Waals surface area contributed by atoms with Crippen molar-refractivity contribution in [3.8, 4) is 11.1 Å². The van der Waals surface area contributed by atoms with Gasteiger partial charge in [-0.2, -0.15) is 13.4 Å². The number of benzene rings is 2. The highest BCUT2D eigenvalue weighted by molar-refractivity contribution is 7.85. The van der Waals surface area contributed by atoms with Crippen molar-refractivity contribution in [3.05, 3.63) is 71.7 Å². The quantitative estimate of drug-likeness (QED) is 0.211. The molecule has 1 N–H and O–H groups in total. The van der Waals surface area contributed by atoms with Gasteiger partial charge in [0.1, 0.15) is 5.82 Å². The van der Waals surface area contributed by atoms with Crippen LogP contribution in [-0.2, 0) is 23.9 Å². The van der Waals surface area contributed by atoms with Crippen molar-refractivity contribution in [2.75, 3.05) is 46.8 Å². The zero-order valence-electron chi connectivity index (χ0n) is 21.2. The van der Waals surface area contributed by atoms with Crippen LogP contribution in [0.2, 0.25) is 0 Å². The summed E-state index contributed by atoms with van der Waals surface area (Å²) in [7, 11) is -0.727. The molecule has 10 nitrogen and oxygen atoms in total. The first-order valence-electron chi connectivity index (χ1n) is 11.5. The van der Waals surface area contributed by atoms with E-state index in [2.05, 4.69) is 15.6 Å². The molecule has 0 fully saturated rings. The highest BCUT2D eigenvalue weighted by Crippen LogP contribution is 2.30. The molecular formula is C25H31FN4O6S. The number of nitrogens with one attached hydrogen (secondary N) is 1. The maximum Gasteiger partial charge on any atom is 0.285 e. The Balaban J connectivity index is 1.85. The summed E-state index contributed by atoms with van der Waals surface area (Å²) in [6, 6.07) is 16.0. The van der Waals surface area contributed by atoms with Crippen LogP contribution < -0.4 is 5.48 Å². The van der Waals surface area contributed by atoms with Crippen LogP contribution in [0.5, 0.6) is 0 Å². The van der Waals surface area contributed by atoms with Gasteiger partial charge >= 0.3 is 0 Å². The van der Waals surface area contributed by atoms with Crippen LogP contribution in [0.15, 0.2) is 64.1 Å². The van der Waals surface area contributed by atoms with E-state index in [1.54, 1.807) is 31.3 Å². The van der Waals surface area contributed by atoms with Crippen molar-refractivity contribution in [2.24, 2.45) is 4.99 Å². The second kappa shape index (κ2) is 13.3. The third kappa shape index (κ3) is 8.35. The zero-order valence-corrected chi connectivity index (χ0v) is 22.0. The van der Waals surface area contributed by atoms with Crippen LogP contribution in [0.1, 0.15) is 24.1 Å². The number of halogens is 1. The maximum atomic E-state index is 14.9. The van der Waals surface area contributed by atoms with E-state index in [-0.39, 0.29) is 23.6 Å². The van der Waals surface area contributed by atoms with E-state index in [4.69, 9.17) is 18.3 Å². The lowest BCUT2D eigenvalue weighted by Crippen LogP contribution is -2.45. The molecule has 1 aromatic heterocycles. The monoisotopic (exact) mass is 534 g/mol. The van der Waals surface area contributed by atoms with Crippen molar-refractivity contribution in [2.45, 2.75) is 12.8 Å². The van der Waals surface area contributed by atoms with E-state index >= 15 is 0 Å². The zero-order chi connectivity index (χ0) is 26.8. The van der Waals surface area contributed by atoms with Crippen LogP contribution in [0.3, 0.4) is 0 Å². The molecule has 0 aliphatic carbocycles. The fraction of sp³-hybridized carbons (Fsp3) is 0.360. The second-order valence-electron chi connectivity index (χ2n) is 8.21. The van der Waals surface area contributed by atoms with Crippen molar-refractivity contribution in [1.82, 2.24) is 15.5 Å². The van der Waals surface area contributed by atoms with E-state index in [9.17, 15) is 12.8 Å². The van der Waals surface area contributed by atoms with Crippen molar-refractivity contribution >= 4 is 22.0 Å². The van der Waals surface area contributed by atoms with Crippen molar-refractivity contribution in [3.63, 3.8) is 0 Å². The molecule has 1 atom stereocenters. The first-order chi connectivity index (χ1) is 17.7. The molecule has 1 unspecified atom stereocenters. The highest BCUT2D eigenvalue weighted by atomic mass is 32.2. The summed E-state index contributed by atoms with van der Waals surface area (Å²) in [4.78, 5) is 6.05. The number of hydrogen-bond acceptors (Lipinski definition) is 8. The summed E-state index contributed by atoms with van der Waals surface area (Å²) >= 11 is 0. The van der Waals surface area contributed by atoms with Crippen LogP contribution in [-0.4, -0.2) is 71.2 Å². The summed E-state index contributed by atoms with van der Waals surface area (Å²) in [6.45, 7) is 3.28. The van der Waals surface area contributed by atoms with Crippen LogP contribution in [0.4, 0.5) is 10.3 Å². The molecular weight excluding hydrogens is 503 g/mol. The summed E-state index contributed by atoms with van der Waals surface area (Å²) in [5.41, 5.74) is 4.90. The van der Waals surface area contributed by atoms with Gasteiger partial charge in [0, 0.05) is 44.9 Å². The first-order valence-corrected chi connectivity index (χ1v) is 13.3. The molecule has 0 bridgehead atoms. The fourth-order valence-electron chi connectivity index (χ4n) is 3.46. The number of aliphatic imine (C=N–C) groups is 1. The van der Waals surface area contributed by atoms with Crippen molar-refractivity contribution in [1.29, 1.82) is 0 Å². The van der Waals surface area contributed by atoms with Gasteiger partial charge in [0.15, 0.2) is 0 Å². The van der Waals surface area contributed by atoms with Gasteiger partial charge in [0.2, 0.25) is 5.96 Å². The Hall–Kier alpha value is -3.32. The van der Waals surface area contributed by atoms with Crippen molar-refractivity contribution < 1.29 is 31.1 Å². The summed E-state index contributed by atoms with van der Waals surface area (Å²) in [5.74, 6) is -0.474. The number of hydrogen-bond donors (Lipinski definition) is 1. The number of aromatic nitrogens is 1. The lowest BCUT2D eigenvalue weighted by Gasteiger charge is -2.25. The Morgan fingerprint density at radius 3 is 2.38 bits per heavy atom. The summed E-state index contributed by atoms with van der Waals surface area (Å²) in [6.07, 6.45) is 0.905. The molecule has 3 aromatic rings. The summed E-state index contributed by atoms with van der Waals surface area (Å²) in [5, 5.41) is 4.09. The Morgan fingerprint density at radius 1 is 1.11 bits per heavy atom. The molecule has 37 heavy (non-hydrogen) atoms. The second-order valence-corrected chi connectivity index (χ2v) is 9.79. The molecule has 12 heteroatoms. The van der Waals surface area contributed by atoms with Gasteiger partial charge in [-0.05, 0) is 17.2 Å². The molecule has 2 aromatic carbocycles. The number of guanidine groups is 1. The van der Waals surface area contributed by atoms with E-state index in [1.807, 2.05) is 43.3 Å². The van der Waals surface area contributed by atoms with E-state index in [0.29, 0.717) is 43.1 Å². The van der Waals surface area contributed by atoms with E-state index in [0.717, 1.165) is 11.8 Å². The maximum absolute atomic E-state index is 14.9. The number of ether oxygens (including phenoxy) is 2. The number of nitrogens with zero attached hydrogens (tertiary/aromatic N) is 3. The molecule has 3 rings (SSSR count). The average molecular weight is 535 g/mol. The smallest absolute Gasteiger partial charge is 0.285 e. The molecule has 0 aliphatic rings. The van der Waals surface area contributed by atoms with E-state index in [1.165, 1.54) is 6.07 Å². The lowest BCUT2D eigenvalue weighted by atomic mass is 9.95. The minimum Gasteiger partial charge on any atom is -0.383 e. The Kier molecular flexibility index (Phi) is 10.1. The largest absolute Gasteiger partial charge is 0.383 e. The third-order valence-electron chi connectivity index (χ3n) is 5.47. The fourth-order valence-corrected chi connectivity index (χ4v) is 3.69. The predicted octanol–water partition coefficient (Wildman–Crippen LogP) is 3.70. The predicted molar refractivity (Wildman–Crippen MR) is 137 cm³/mol. The number of rotatable bonds is 12. The Morgan fingerprint density at radius 2 is 1.78 bits per heavy atom. The SMILES string of the molecule is COCCN(CCOC)C(=Nc1cc(C(C)c2ccc(-c3ccccc3)c(F)c2)no1)NOS(C)(=O)=O. The third-order valence-corrected chi connectivity index (χ3v) is 5.85. The molecule has 0 amide bonds. The molecule has 0 saturated carbocycles. The van der Waals surface area contributed by atoms with Gasteiger partial charge in [-0.3, -0.25) is 0 Å². The average Bonchev–Trinajstić information content (AvgIpc) is 3.35.